The molecule has 1 aromatic heterocycles. The van der Waals surface area contributed by atoms with Crippen LogP contribution in [0, 0.1) is 26.6 Å². The Labute approximate surface area is 182 Å². The summed E-state index contributed by atoms with van der Waals surface area (Å²) >= 11 is 0. The predicted octanol–water partition coefficient (Wildman–Crippen LogP) is 3.72. The lowest BCUT2D eigenvalue weighted by atomic mass is 10.1. The van der Waals surface area contributed by atoms with E-state index in [4.69, 9.17) is 0 Å². The highest BCUT2D eigenvalue weighted by Gasteiger charge is 2.30. The lowest BCUT2D eigenvalue weighted by Crippen LogP contribution is -2.49. The third kappa shape index (κ3) is 4.31. The van der Waals surface area contributed by atoms with Gasteiger partial charge in [0.05, 0.1) is 10.6 Å². The summed E-state index contributed by atoms with van der Waals surface area (Å²) in [5.74, 6) is 0.405. The van der Waals surface area contributed by atoms with Crippen molar-refractivity contribution in [2.75, 3.05) is 31.1 Å². The van der Waals surface area contributed by atoms with Crippen molar-refractivity contribution in [3.8, 4) is 11.3 Å². The molecule has 2 heterocycles. The van der Waals surface area contributed by atoms with Crippen LogP contribution >= 0.6 is 0 Å². The minimum Gasteiger partial charge on any atom is -0.352 e. The van der Waals surface area contributed by atoms with Crippen LogP contribution in [0.4, 0.5) is 10.2 Å². The van der Waals surface area contributed by atoms with E-state index in [1.54, 1.807) is 22.5 Å². The quantitative estimate of drug-likeness (QED) is 0.619. The van der Waals surface area contributed by atoms with E-state index in [0.717, 1.165) is 22.3 Å². The van der Waals surface area contributed by atoms with Gasteiger partial charge in [-0.1, -0.05) is 6.07 Å². The molecule has 4 rings (SSSR count). The van der Waals surface area contributed by atoms with E-state index in [-0.39, 0.29) is 5.82 Å². The van der Waals surface area contributed by atoms with Gasteiger partial charge in [0, 0.05) is 31.7 Å². The molecule has 162 valence electrons. The highest BCUT2D eigenvalue weighted by molar-refractivity contribution is 7.89. The van der Waals surface area contributed by atoms with Gasteiger partial charge in [0.1, 0.15) is 5.82 Å². The van der Waals surface area contributed by atoms with Crippen LogP contribution in [0.25, 0.3) is 11.3 Å². The van der Waals surface area contributed by atoms with Crippen molar-refractivity contribution in [3.05, 3.63) is 71.0 Å². The molecule has 0 saturated carbocycles. The van der Waals surface area contributed by atoms with Crippen molar-refractivity contribution >= 4 is 15.8 Å². The van der Waals surface area contributed by atoms with Crippen LogP contribution in [0.15, 0.2) is 53.4 Å². The molecule has 1 fully saturated rings. The molecule has 0 radical (unpaired) electrons. The fourth-order valence-electron chi connectivity index (χ4n) is 3.78. The van der Waals surface area contributed by atoms with Crippen LogP contribution in [0.5, 0.6) is 0 Å². The third-order valence-corrected chi connectivity index (χ3v) is 7.80. The topological polar surface area (TPSA) is 66.4 Å². The van der Waals surface area contributed by atoms with Crippen LogP contribution in [-0.4, -0.2) is 49.1 Å². The molecule has 0 unspecified atom stereocenters. The smallest absolute Gasteiger partial charge is 0.243 e. The summed E-state index contributed by atoms with van der Waals surface area (Å²) in [5.41, 5.74) is 4.28. The summed E-state index contributed by atoms with van der Waals surface area (Å²) in [7, 11) is -3.54. The molecule has 1 aliphatic heterocycles. The second-order valence-corrected chi connectivity index (χ2v) is 9.78. The second-order valence-electron chi connectivity index (χ2n) is 7.88. The number of benzene rings is 2. The molecule has 0 spiro atoms. The Balaban J connectivity index is 1.46. The van der Waals surface area contributed by atoms with Crippen LogP contribution in [0.3, 0.4) is 0 Å². The third-order valence-electron chi connectivity index (χ3n) is 5.76. The minimum absolute atomic E-state index is 0.294. The monoisotopic (exact) mass is 440 g/mol. The van der Waals surface area contributed by atoms with Crippen LogP contribution < -0.4 is 4.90 Å². The number of halogens is 1. The Morgan fingerprint density at radius 1 is 0.806 bits per heavy atom. The molecule has 2 aromatic carbocycles. The van der Waals surface area contributed by atoms with Gasteiger partial charge in [-0.15, -0.1) is 10.2 Å². The van der Waals surface area contributed by atoms with Crippen LogP contribution in [0.1, 0.15) is 16.7 Å². The lowest BCUT2D eigenvalue weighted by Gasteiger charge is -2.34. The molecule has 0 N–H and O–H groups in total. The van der Waals surface area contributed by atoms with E-state index in [1.165, 1.54) is 12.1 Å². The number of rotatable bonds is 4. The van der Waals surface area contributed by atoms with Gasteiger partial charge in [-0.05, 0) is 79.9 Å². The van der Waals surface area contributed by atoms with Crippen LogP contribution in [0.2, 0.25) is 0 Å². The zero-order valence-electron chi connectivity index (χ0n) is 17.8. The van der Waals surface area contributed by atoms with E-state index in [2.05, 4.69) is 10.2 Å². The maximum atomic E-state index is 13.2. The van der Waals surface area contributed by atoms with E-state index in [9.17, 15) is 12.8 Å². The number of hydrogen-bond donors (Lipinski definition) is 0. The van der Waals surface area contributed by atoms with Gasteiger partial charge in [-0.25, -0.2) is 12.8 Å². The first-order chi connectivity index (χ1) is 14.8. The van der Waals surface area contributed by atoms with Crippen molar-refractivity contribution in [2.24, 2.45) is 0 Å². The summed E-state index contributed by atoms with van der Waals surface area (Å²) in [4.78, 5) is 2.41. The van der Waals surface area contributed by atoms with E-state index in [0.29, 0.717) is 42.6 Å². The van der Waals surface area contributed by atoms with E-state index < -0.39 is 10.0 Å². The molecule has 8 heteroatoms. The number of aromatic nitrogens is 2. The average Bonchev–Trinajstić information content (AvgIpc) is 2.77. The zero-order chi connectivity index (χ0) is 22.2. The van der Waals surface area contributed by atoms with Crippen molar-refractivity contribution in [1.29, 1.82) is 0 Å². The molecule has 1 aliphatic rings. The Hall–Kier alpha value is -2.84. The summed E-state index contributed by atoms with van der Waals surface area (Å²) < 4.78 is 41.0. The Morgan fingerprint density at radius 2 is 1.45 bits per heavy atom. The summed E-state index contributed by atoms with van der Waals surface area (Å²) in [6.07, 6.45) is 0. The van der Waals surface area contributed by atoms with E-state index >= 15 is 0 Å². The number of anilines is 1. The second kappa shape index (κ2) is 8.36. The summed E-state index contributed by atoms with van der Waals surface area (Å²) in [5, 5.41) is 8.55. The molecule has 6 nitrogen and oxygen atoms in total. The van der Waals surface area contributed by atoms with Gasteiger partial charge < -0.3 is 4.90 Å². The number of piperazine rings is 1. The standard InChI is InChI=1S/C23H25FN4O2S/c1-16-14-18(3)22(15-17(16)2)31(29,30)28-12-10-27(11-13-28)23-9-8-21(25-26-23)19-4-6-20(24)7-5-19/h4-9,14-15H,10-13H2,1-3H3. The fraction of sp³-hybridized carbons (Fsp3) is 0.304. The van der Waals surface area contributed by atoms with Gasteiger partial charge >= 0.3 is 0 Å². The Bertz CT molecular complexity index is 1190. The van der Waals surface area contributed by atoms with Gasteiger partial charge in [-0.3, -0.25) is 0 Å². The molecule has 0 bridgehead atoms. The first kappa shape index (κ1) is 21.4. The highest BCUT2D eigenvalue weighted by Crippen LogP contribution is 2.25. The predicted molar refractivity (Wildman–Crippen MR) is 119 cm³/mol. The van der Waals surface area contributed by atoms with Crippen molar-refractivity contribution in [1.82, 2.24) is 14.5 Å². The summed E-state index contributed by atoms with van der Waals surface area (Å²) in [6.45, 7) is 7.60. The van der Waals surface area contributed by atoms with Crippen molar-refractivity contribution < 1.29 is 12.8 Å². The molecular formula is C23H25FN4O2S. The van der Waals surface area contributed by atoms with Crippen molar-refractivity contribution in [3.63, 3.8) is 0 Å². The average molecular weight is 441 g/mol. The Kier molecular flexibility index (Phi) is 5.77. The SMILES string of the molecule is Cc1cc(C)c(S(=O)(=O)N2CCN(c3ccc(-c4ccc(F)cc4)nn3)CC2)cc1C. The maximum absolute atomic E-state index is 13.2. The number of sulfonamides is 1. The normalized spacial score (nSPS) is 15.3. The zero-order valence-corrected chi connectivity index (χ0v) is 18.7. The van der Waals surface area contributed by atoms with Crippen LogP contribution in [-0.2, 0) is 10.0 Å². The molecular weight excluding hydrogens is 415 g/mol. The molecule has 0 aliphatic carbocycles. The Morgan fingerprint density at radius 3 is 2.06 bits per heavy atom. The highest BCUT2D eigenvalue weighted by atomic mass is 32.2. The summed E-state index contributed by atoms with van der Waals surface area (Å²) in [6, 6.07) is 13.5. The molecule has 0 atom stereocenters. The van der Waals surface area contributed by atoms with Gasteiger partial charge in [0.25, 0.3) is 0 Å². The maximum Gasteiger partial charge on any atom is 0.243 e. The lowest BCUT2D eigenvalue weighted by molar-refractivity contribution is 0.383. The van der Waals surface area contributed by atoms with Gasteiger partial charge in [0.15, 0.2) is 5.82 Å². The van der Waals surface area contributed by atoms with Gasteiger partial charge in [-0.2, -0.15) is 4.31 Å². The van der Waals surface area contributed by atoms with Crippen molar-refractivity contribution in [2.45, 2.75) is 25.7 Å². The molecule has 0 amide bonds. The van der Waals surface area contributed by atoms with E-state index in [1.807, 2.05) is 43.9 Å². The van der Waals surface area contributed by atoms with Gasteiger partial charge in [0.2, 0.25) is 10.0 Å². The number of hydrogen-bond acceptors (Lipinski definition) is 5. The number of aryl methyl sites for hydroxylation is 3. The largest absolute Gasteiger partial charge is 0.352 e. The molecule has 31 heavy (non-hydrogen) atoms. The number of nitrogens with zero attached hydrogens (tertiary/aromatic N) is 4. The minimum atomic E-state index is -3.54. The molecule has 3 aromatic rings. The fourth-order valence-corrected chi connectivity index (χ4v) is 5.49. The first-order valence-electron chi connectivity index (χ1n) is 10.2. The molecule has 1 saturated heterocycles. The first-order valence-corrected chi connectivity index (χ1v) is 11.6.